The monoisotopic (exact) mass is 296 g/mol. The van der Waals surface area contributed by atoms with Crippen LogP contribution >= 0.6 is 0 Å². The zero-order valence-corrected chi connectivity index (χ0v) is 13.7. The van der Waals surface area contributed by atoms with E-state index < -0.39 is 10.8 Å². The molecule has 0 saturated heterocycles. The number of hydrogen-bond acceptors (Lipinski definition) is 3. The lowest BCUT2D eigenvalue weighted by atomic mass is 10.1. The fraction of sp³-hybridized carbons (Fsp3) is 0.533. The van der Waals surface area contributed by atoms with Gasteiger partial charge in [-0.25, -0.2) is 0 Å². The van der Waals surface area contributed by atoms with E-state index in [9.17, 15) is 9.00 Å². The molecule has 0 unspecified atom stereocenters. The molecule has 4 nitrogen and oxygen atoms in total. The van der Waals surface area contributed by atoms with Crippen molar-refractivity contribution in [2.24, 2.45) is 0 Å². The van der Waals surface area contributed by atoms with Gasteiger partial charge in [-0.3, -0.25) is 13.9 Å². The summed E-state index contributed by atoms with van der Waals surface area (Å²) in [5.74, 6) is 0.671. The molecule has 112 valence electrons. The molecule has 0 fully saturated rings. The zero-order chi connectivity index (χ0) is 15.3. The zero-order valence-electron chi connectivity index (χ0n) is 12.9. The van der Waals surface area contributed by atoms with E-state index in [1.807, 2.05) is 31.3 Å². The predicted molar refractivity (Wildman–Crippen MR) is 84.3 cm³/mol. The number of hydrogen-bond donors (Lipinski definition) is 0. The third-order valence-corrected chi connectivity index (χ3v) is 4.19. The van der Waals surface area contributed by atoms with Crippen LogP contribution in [0, 0.1) is 0 Å². The first-order chi connectivity index (χ1) is 9.31. The minimum atomic E-state index is -0.795. The molecule has 5 heteroatoms. The van der Waals surface area contributed by atoms with Crippen molar-refractivity contribution in [1.29, 1.82) is 0 Å². The maximum atomic E-state index is 11.9. The quantitative estimate of drug-likeness (QED) is 0.800. The van der Waals surface area contributed by atoms with Crippen molar-refractivity contribution in [3.63, 3.8) is 0 Å². The minimum Gasteiger partial charge on any atom is -0.345 e. The summed E-state index contributed by atoms with van der Waals surface area (Å²) in [6.07, 6.45) is 1.72. The van der Waals surface area contributed by atoms with Crippen LogP contribution in [-0.2, 0) is 17.3 Å². The van der Waals surface area contributed by atoms with Gasteiger partial charge in [0.25, 0.3) is 5.91 Å². The summed E-state index contributed by atoms with van der Waals surface area (Å²) >= 11 is 0. The summed E-state index contributed by atoms with van der Waals surface area (Å²) in [5.41, 5.74) is 1.79. The molecule has 2 atom stereocenters. The molecule has 0 radical (unpaired) electrons. The van der Waals surface area contributed by atoms with Crippen LogP contribution < -0.4 is 0 Å². The smallest absolute Gasteiger partial charge is 0.253 e. The highest BCUT2D eigenvalue weighted by atomic mass is 32.2. The van der Waals surface area contributed by atoms with Crippen LogP contribution in [0.25, 0.3) is 0 Å². The number of benzene rings is 1. The molecule has 0 heterocycles. The van der Waals surface area contributed by atoms with Crippen LogP contribution in [0.2, 0.25) is 0 Å². The number of rotatable bonds is 6. The van der Waals surface area contributed by atoms with Gasteiger partial charge >= 0.3 is 0 Å². The fourth-order valence-electron chi connectivity index (χ4n) is 1.97. The molecule has 1 aromatic carbocycles. The van der Waals surface area contributed by atoms with Gasteiger partial charge in [0.2, 0.25) is 0 Å². The van der Waals surface area contributed by atoms with E-state index in [4.69, 9.17) is 0 Å². The lowest BCUT2D eigenvalue weighted by Crippen LogP contribution is -2.33. The van der Waals surface area contributed by atoms with Crippen molar-refractivity contribution in [3.8, 4) is 0 Å². The number of carbonyl (C=O) groups is 1. The van der Waals surface area contributed by atoms with Gasteiger partial charge in [0.15, 0.2) is 0 Å². The van der Waals surface area contributed by atoms with Crippen molar-refractivity contribution in [2.45, 2.75) is 19.5 Å². The molecular formula is C15H24N2O2S. The van der Waals surface area contributed by atoms with Gasteiger partial charge in [-0.05, 0) is 31.7 Å². The van der Waals surface area contributed by atoms with E-state index in [-0.39, 0.29) is 11.9 Å². The summed E-state index contributed by atoms with van der Waals surface area (Å²) in [7, 11) is 4.72. The van der Waals surface area contributed by atoms with Crippen LogP contribution in [0.5, 0.6) is 0 Å². The number of carbonyl (C=O) groups excluding carboxylic acids is 1. The highest BCUT2D eigenvalue weighted by molar-refractivity contribution is 7.84. The van der Waals surface area contributed by atoms with Crippen molar-refractivity contribution in [1.82, 2.24) is 9.80 Å². The standard InChI is InChI=1S/C15H24N2O2S/c1-12(11-20(5)19)17(4)10-13-7-6-8-14(9-13)15(18)16(2)3/h6-9,12H,10-11H2,1-5H3/t12-,20-/m1/s1. The summed E-state index contributed by atoms with van der Waals surface area (Å²) in [5, 5.41) is 0. The average Bonchev–Trinajstić information content (AvgIpc) is 2.37. The Balaban J connectivity index is 2.75. The Morgan fingerprint density at radius 3 is 2.50 bits per heavy atom. The molecule has 1 amide bonds. The van der Waals surface area contributed by atoms with E-state index in [1.54, 1.807) is 25.3 Å². The van der Waals surface area contributed by atoms with Gasteiger partial charge in [-0.1, -0.05) is 12.1 Å². The second kappa shape index (κ2) is 7.55. The van der Waals surface area contributed by atoms with Crippen LogP contribution in [0.15, 0.2) is 24.3 Å². The van der Waals surface area contributed by atoms with Gasteiger partial charge < -0.3 is 4.90 Å². The fourth-order valence-corrected chi connectivity index (χ4v) is 2.91. The molecule has 0 aliphatic carbocycles. The third-order valence-electron chi connectivity index (χ3n) is 3.24. The molecule has 0 N–H and O–H groups in total. The molecule has 1 aromatic rings. The molecule has 20 heavy (non-hydrogen) atoms. The first kappa shape index (κ1) is 16.9. The van der Waals surface area contributed by atoms with Gasteiger partial charge in [0.1, 0.15) is 0 Å². The highest BCUT2D eigenvalue weighted by Crippen LogP contribution is 2.11. The molecule has 0 bridgehead atoms. The number of amides is 1. The lowest BCUT2D eigenvalue weighted by Gasteiger charge is -2.24. The van der Waals surface area contributed by atoms with Crippen molar-refractivity contribution >= 4 is 16.7 Å². The molecule has 0 aliphatic rings. The summed E-state index contributed by atoms with van der Waals surface area (Å²) < 4.78 is 11.3. The Hall–Kier alpha value is -1.20. The lowest BCUT2D eigenvalue weighted by molar-refractivity contribution is 0.0827. The van der Waals surface area contributed by atoms with Crippen molar-refractivity contribution in [3.05, 3.63) is 35.4 Å². The highest BCUT2D eigenvalue weighted by Gasteiger charge is 2.13. The third kappa shape index (κ3) is 5.06. The first-order valence-electron chi connectivity index (χ1n) is 6.62. The normalized spacial score (nSPS) is 14.1. The van der Waals surface area contributed by atoms with Gasteiger partial charge in [-0.15, -0.1) is 0 Å². The SMILES string of the molecule is C[C@H](C[S@@](C)=O)N(C)Cc1cccc(C(=O)N(C)C)c1. The van der Waals surface area contributed by atoms with Crippen molar-refractivity contribution < 1.29 is 9.00 Å². The van der Waals surface area contributed by atoms with Crippen LogP contribution in [0.3, 0.4) is 0 Å². The molecule has 0 spiro atoms. The van der Waals surface area contributed by atoms with E-state index in [0.717, 1.165) is 12.1 Å². The van der Waals surface area contributed by atoms with Crippen LogP contribution in [0.1, 0.15) is 22.8 Å². The molecule has 0 aromatic heterocycles. The molecule has 0 aliphatic heterocycles. The maximum absolute atomic E-state index is 11.9. The Bertz CT molecular complexity index is 489. The van der Waals surface area contributed by atoms with E-state index >= 15 is 0 Å². The molecule has 0 saturated carbocycles. The van der Waals surface area contributed by atoms with Crippen LogP contribution in [-0.4, -0.2) is 59.1 Å². The predicted octanol–water partition coefficient (Wildman–Crippen LogP) is 1.59. The summed E-state index contributed by atoms with van der Waals surface area (Å²) in [4.78, 5) is 15.7. The largest absolute Gasteiger partial charge is 0.345 e. The summed E-state index contributed by atoms with van der Waals surface area (Å²) in [6, 6.07) is 7.92. The Morgan fingerprint density at radius 2 is 1.95 bits per heavy atom. The topological polar surface area (TPSA) is 40.6 Å². The minimum absolute atomic E-state index is 0.0113. The van der Waals surface area contributed by atoms with Crippen molar-refractivity contribution in [2.75, 3.05) is 33.2 Å². The Kier molecular flexibility index (Phi) is 6.36. The molecular weight excluding hydrogens is 272 g/mol. The summed E-state index contributed by atoms with van der Waals surface area (Å²) in [6.45, 7) is 2.81. The first-order valence-corrected chi connectivity index (χ1v) is 8.35. The average molecular weight is 296 g/mol. The number of nitrogens with zero attached hydrogens (tertiary/aromatic N) is 2. The second-order valence-electron chi connectivity index (χ2n) is 5.40. The molecule has 1 rings (SSSR count). The second-order valence-corrected chi connectivity index (χ2v) is 6.88. The van der Waals surface area contributed by atoms with E-state index in [2.05, 4.69) is 11.8 Å². The Morgan fingerprint density at radius 1 is 1.30 bits per heavy atom. The van der Waals surface area contributed by atoms with Gasteiger partial charge in [0, 0.05) is 55.1 Å². The Labute approximate surface area is 124 Å². The van der Waals surface area contributed by atoms with Gasteiger partial charge in [0.05, 0.1) is 0 Å². The maximum Gasteiger partial charge on any atom is 0.253 e. The van der Waals surface area contributed by atoms with E-state index in [0.29, 0.717) is 11.3 Å². The van der Waals surface area contributed by atoms with E-state index in [1.165, 1.54) is 0 Å². The van der Waals surface area contributed by atoms with Gasteiger partial charge in [-0.2, -0.15) is 0 Å². The van der Waals surface area contributed by atoms with Crippen LogP contribution in [0.4, 0.5) is 0 Å².